The standard InChI is InChI=1S/C27H25F3N2O6/c1-36-24-13-16(10-19(25(33)34)4-2-17-11-20(31)14-21(32)12-17)3-9-23(24)38-26(35)18-5-7-22(8-6-18)37-15-27(28,29)30/h3,5-14H,2,4,15,31-32H2,1H3,(H,33,34). The maximum atomic E-state index is 12.5. The second-order valence-corrected chi connectivity index (χ2v) is 8.21. The number of carbonyl (C=O) groups excluding carboxylic acids is 1. The minimum absolute atomic E-state index is 0.0546. The molecule has 0 aliphatic heterocycles. The topological polar surface area (TPSA) is 134 Å². The summed E-state index contributed by atoms with van der Waals surface area (Å²) in [5.74, 6) is -1.69. The number of ether oxygens (including phenoxy) is 3. The Balaban J connectivity index is 1.71. The van der Waals surface area contributed by atoms with Crippen LogP contribution in [-0.4, -0.2) is 36.9 Å². The first-order valence-electron chi connectivity index (χ1n) is 11.2. The lowest BCUT2D eigenvalue weighted by Crippen LogP contribution is -2.19. The van der Waals surface area contributed by atoms with Crippen LogP contribution in [0.25, 0.3) is 6.08 Å². The SMILES string of the molecule is COc1cc(C=C(CCc2cc(N)cc(N)c2)C(=O)O)ccc1OC(=O)c1ccc(OCC(F)(F)F)cc1. The molecule has 0 radical (unpaired) electrons. The number of alkyl halides is 3. The number of anilines is 2. The zero-order chi connectivity index (χ0) is 27.9. The lowest BCUT2D eigenvalue weighted by Gasteiger charge is -2.12. The molecule has 0 saturated carbocycles. The van der Waals surface area contributed by atoms with Gasteiger partial charge < -0.3 is 30.8 Å². The first-order chi connectivity index (χ1) is 17.9. The van der Waals surface area contributed by atoms with E-state index in [0.29, 0.717) is 23.4 Å². The summed E-state index contributed by atoms with van der Waals surface area (Å²) in [6.45, 7) is -1.45. The largest absolute Gasteiger partial charge is 0.493 e. The first kappa shape index (κ1) is 27.9. The normalized spacial score (nSPS) is 11.6. The second-order valence-electron chi connectivity index (χ2n) is 8.21. The van der Waals surface area contributed by atoms with Crippen LogP contribution in [0.5, 0.6) is 17.2 Å². The number of benzene rings is 3. The van der Waals surface area contributed by atoms with Crippen molar-refractivity contribution in [3.05, 3.63) is 82.9 Å². The summed E-state index contributed by atoms with van der Waals surface area (Å²) in [6.07, 6.45) is -2.39. The van der Waals surface area contributed by atoms with Crippen LogP contribution in [0.3, 0.4) is 0 Å². The van der Waals surface area contributed by atoms with Crippen LogP contribution in [0.1, 0.15) is 27.9 Å². The van der Waals surface area contributed by atoms with E-state index in [1.54, 1.807) is 24.3 Å². The summed E-state index contributed by atoms with van der Waals surface area (Å²) in [5.41, 5.74) is 14.1. The Labute approximate surface area is 216 Å². The van der Waals surface area contributed by atoms with Crippen molar-refractivity contribution >= 4 is 29.4 Å². The van der Waals surface area contributed by atoms with Gasteiger partial charge in [-0.25, -0.2) is 9.59 Å². The van der Waals surface area contributed by atoms with Crippen LogP contribution in [0.4, 0.5) is 24.5 Å². The van der Waals surface area contributed by atoms with Crippen LogP contribution < -0.4 is 25.7 Å². The molecular weight excluding hydrogens is 505 g/mol. The average Bonchev–Trinajstić information content (AvgIpc) is 2.85. The van der Waals surface area contributed by atoms with Gasteiger partial charge in [0.25, 0.3) is 0 Å². The lowest BCUT2D eigenvalue weighted by molar-refractivity contribution is -0.153. The number of rotatable bonds is 10. The van der Waals surface area contributed by atoms with Crippen molar-refractivity contribution in [3.63, 3.8) is 0 Å². The van der Waals surface area contributed by atoms with Crippen molar-refractivity contribution < 1.29 is 42.1 Å². The van der Waals surface area contributed by atoms with Crippen LogP contribution in [0.15, 0.2) is 66.2 Å². The van der Waals surface area contributed by atoms with E-state index in [1.165, 1.54) is 49.6 Å². The molecule has 0 atom stereocenters. The molecule has 3 rings (SSSR count). The average molecular weight is 530 g/mol. The highest BCUT2D eigenvalue weighted by atomic mass is 19.4. The monoisotopic (exact) mass is 530 g/mol. The molecule has 3 aromatic rings. The molecule has 0 amide bonds. The minimum Gasteiger partial charge on any atom is -0.493 e. The quantitative estimate of drug-likeness (QED) is 0.142. The summed E-state index contributed by atoms with van der Waals surface area (Å²) in [5, 5.41) is 9.66. The Morgan fingerprint density at radius 3 is 2.18 bits per heavy atom. The molecule has 200 valence electrons. The van der Waals surface area contributed by atoms with Crippen molar-refractivity contribution in [2.24, 2.45) is 0 Å². The lowest BCUT2D eigenvalue weighted by atomic mass is 10.0. The maximum Gasteiger partial charge on any atom is 0.422 e. The fourth-order valence-electron chi connectivity index (χ4n) is 3.48. The van der Waals surface area contributed by atoms with E-state index in [9.17, 15) is 27.9 Å². The number of nitrogen functional groups attached to an aromatic ring is 2. The van der Waals surface area contributed by atoms with E-state index in [0.717, 1.165) is 5.56 Å². The molecule has 3 aromatic carbocycles. The number of carboxylic acid groups (broad SMARTS) is 1. The Hall–Kier alpha value is -4.67. The van der Waals surface area contributed by atoms with E-state index in [4.69, 9.17) is 20.9 Å². The number of methoxy groups -OCH3 is 1. The van der Waals surface area contributed by atoms with Crippen LogP contribution in [0.2, 0.25) is 0 Å². The second kappa shape index (κ2) is 12.0. The van der Waals surface area contributed by atoms with E-state index in [1.807, 2.05) is 0 Å². The number of esters is 1. The molecule has 8 nitrogen and oxygen atoms in total. The van der Waals surface area contributed by atoms with Gasteiger partial charge in [0.1, 0.15) is 5.75 Å². The summed E-state index contributed by atoms with van der Waals surface area (Å²) in [6, 6.07) is 14.6. The fourth-order valence-corrected chi connectivity index (χ4v) is 3.48. The third-order valence-electron chi connectivity index (χ3n) is 5.22. The fraction of sp³-hybridized carbons (Fsp3) is 0.185. The molecule has 0 heterocycles. The van der Waals surface area contributed by atoms with Crippen molar-refractivity contribution in [2.75, 3.05) is 25.2 Å². The van der Waals surface area contributed by atoms with Crippen LogP contribution in [0, 0.1) is 0 Å². The number of nitrogens with two attached hydrogens (primary N) is 2. The number of aliphatic carboxylic acids is 1. The predicted octanol–water partition coefficient (Wildman–Crippen LogP) is 5.12. The van der Waals surface area contributed by atoms with E-state index >= 15 is 0 Å². The van der Waals surface area contributed by atoms with E-state index < -0.39 is 24.7 Å². The summed E-state index contributed by atoms with van der Waals surface area (Å²) >= 11 is 0. The van der Waals surface area contributed by atoms with Crippen molar-refractivity contribution in [2.45, 2.75) is 19.0 Å². The van der Waals surface area contributed by atoms with Gasteiger partial charge in [-0.3, -0.25) is 0 Å². The molecule has 0 fully saturated rings. The molecule has 38 heavy (non-hydrogen) atoms. The minimum atomic E-state index is -4.48. The third-order valence-corrected chi connectivity index (χ3v) is 5.22. The summed E-state index contributed by atoms with van der Waals surface area (Å²) < 4.78 is 52.1. The zero-order valence-corrected chi connectivity index (χ0v) is 20.2. The van der Waals surface area contributed by atoms with Crippen LogP contribution in [-0.2, 0) is 11.2 Å². The van der Waals surface area contributed by atoms with E-state index in [-0.39, 0.29) is 34.8 Å². The molecule has 0 aromatic heterocycles. The van der Waals surface area contributed by atoms with Gasteiger partial charge in [0.2, 0.25) is 0 Å². The number of hydrogen-bond donors (Lipinski definition) is 3. The van der Waals surface area contributed by atoms with Gasteiger partial charge in [0.15, 0.2) is 18.1 Å². The first-order valence-corrected chi connectivity index (χ1v) is 11.2. The Kier molecular flexibility index (Phi) is 8.85. The number of carbonyl (C=O) groups is 2. The van der Waals surface area contributed by atoms with Gasteiger partial charge in [-0.1, -0.05) is 6.07 Å². The molecule has 0 saturated heterocycles. The molecule has 11 heteroatoms. The number of carboxylic acids is 1. The van der Waals surface area contributed by atoms with Gasteiger partial charge in [-0.05, 0) is 84.6 Å². The highest BCUT2D eigenvalue weighted by Crippen LogP contribution is 2.30. The molecule has 0 aliphatic carbocycles. The molecule has 0 bridgehead atoms. The van der Waals surface area contributed by atoms with Crippen molar-refractivity contribution in [1.29, 1.82) is 0 Å². The van der Waals surface area contributed by atoms with Crippen LogP contribution >= 0.6 is 0 Å². The van der Waals surface area contributed by atoms with Gasteiger partial charge >= 0.3 is 18.1 Å². The Bertz CT molecular complexity index is 1320. The number of halogens is 3. The van der Waals surface area contributed by atoms with E-state index in [2.05, 4.69) is 4.74 Å². The number of hydrogen-bond acceptors (Lipinski definition) is 7. The molecule has 0 spiro atoms. The summed E-state index contributed by atoms with van der Waals surface area (Å²) in [7, 11) is 1.36. The van der Waals surface area contributed by atoms with Gasteiger partial charge in [-0.15, -0.1) is 0 Å². The maximum absolute atomic E-state index is 12.5. The van der Waals surface area contributed by atoms with Gasteiger partial charge in [0.05, 0.1) is 12.7 Å². The summed E-state index contributed by atoms with van der Waals surface area (Å²) in [4.78, 5) is 24.3. The Morgan fingerprint density at radius 1 is 0.947 bits per heavy atom. The highest BCUT2D eigenvalue weighted by molar-refractivity contribution is 5.93. The number of aryl methyl sites for hydroxylation is 1. The Morgan fingerprint density at radius 2 is 1.61 bits per heavy atom. The molecular formula is C27H25F3N2O6. The third kappa shape index (κ3) is 8.19. The molecule has 0 unspecified atom stereocenters. The van der Waals surface area contributed by atoms with Crippen molar-refractivity contribution in [1.82, 2.24) is 0 Å². The van der Waals surface area contributed by atoms with Gasteiger partial charge in [0, 0.05) is 16.9 Å². The van der Waals surface area contributed by atoms with Gasteiger partial charge in [-0.2, -0.15) is 13.2 Å². The smallest absolute Gasteiger partial charge is 0.422 e. The highest BCUT2D eigenvalue weighted by Gasteiger charge is 2.28. The van der Waals surface area contributed by atoms with Crippen molar-refractivity contribution in [3.8, 4) is 17.2 Å². The predicted molar refractivity (Wildman–Crippen MR) is 135 cm³/mol. The molecule has 5 N–H and O–H groups in total. The molecule has 0 aliphatic rings. The zero-order valence-electron chi connectivity index (χ0n) is 20.2.